The molecule has 1 aliphatic rings. The normalized spacial score (nSPS) is 15.1. The summed E-state index contributed by atoms with van der Waals surface area (Å²) in [4.78, 5) is 11.6. The monoisotopic (exact) mass is 285 g/mol. The van der Waals surface area contributed by atoms with E-state index in [9.17, 15) is 9.18 Å². The van der Waals surface area contributed by atoms with Crippen LogP contribution in [0.3, 0.4) is 0 Å². The third-order valence-electron chi connectivity index (χ3n) is 2.55. The summed E-state index contributed by atoms with van der Waals surface area (Å²) in [6.45, 7) is 0.416. The zero-order chi connectivity index (χ0) is 11.5. The van der Waals surface area contributed by atoms with E-state index in [2.05, 4.69) is 21.2 Å². The first-order chi connectivity index (χ1) is 7.65. The highest BCUT2D eigenvalue weighted by atomic mass is 79.9. The Balaban J connectivity index is 1.86. The van der Waals surface area contributed by atoms with Crippen molar-refractivity contribution in [1.82, 2.24) is 5.32 Å². The van der Waals surface area contributed by atoms with E-state index in [1.807, 2.05) is 0 Å². The van der Waals surface area contributed by atoms with Gasteiger partial charge in [0.1, 0.15) is 5.82 Å². The first-order valence-electron chi connectivity index (χ1n) is 5.34. The van der Waals surface area contributed by atoms with Crippen molar-refractivity contribution in [1.29, 1.82) is 0 Å². The zero-order valence-electron chi connectivity index (χ0n) is 8.80. The number of Topliss-reactive ketones (excluding diaryl/α,β-unsaturated/α-hetero) is 1. The molecule has 0 heterocycles. The van der Waals surface area contributed by atoms with Crippen molar-refractivity contribution >= 4 is 21.7 Å². The standard InChI is InChI=1S/C12H13BrFNO/c13-11-6-8(1-4-12(11)14)5-10(16)7-15-9-2-3-9/h1,4,6,9,15H,2-3,5,7H2. The molecule has 2 rings (SSSR count). The first-order valence-corrected chi connectivity index (χ1v) is 6.13. The predicted octanol–water partition coefficient (Wildman–Crippen LogP) is 2.45. The fourth-order valence-corrected chi connectivity index (χ4v) is 1.91. The van der Waals surface area contributed by atoms with Crippen molar-refractivity contribution in [3.63, 3.8) is 0 Å². The highest BCUT2D eigenvalue weighted by Crippen LogP contribution is 2.19. The Kier molecular flexibility index (Phi) is 3.71. The molecular formula is C12H13BrFNO. The molecule has 0 atom stereocenters. The molecule has 0 aliphatic heterocycles. The second-order valence-corrected chi connectivity index (χ2v) is 4.97. The Morgan fingerprint density at radius 1 is 1.50 bits per heavy atom. The van der Waals surface area contributed by atoms with Gasteiger partial charge in [-0.3, -0.25) is 4.79 Å². The van der Waals surface area contributed by atoms with E-state index in [-0.39, 0.29) is 11.6 Å². The Hall–Kier alpha value is -0.740. The lowest BCUT2D eigenvalue weighted by atomic mass is 10.1. The maximum Gasteiger partial charge on any atom is 0.150 e. The van der Waals surface area contributed by atoms with Gasteiger partial charge in [0, 0.05) is 12.5 Å². The van der Waals surface area contributed by atoms with E-state index in [0.717, 1.165) is 5.56 Å². The molecule has 4 heteroatoms. The van der Waals surface area contributed by atoms with Crippen molar-refractivity contribution in [2.45, 2.75) is 25.3 Å². The molecule has 1 N–H and O–H groups in total. The van der Waals surface area contributed by atoms with Gasteiger partial charge in [0.25, 0.3) is 0 Å². The van der Waals surface area contributed by atoms with Crippen molar-refractivity contribution < 1.29 is 9.18 Å². The van der Waals surface area contributed by atoms with Crippen LogP contribution in [0.25, 0.3) is 0 Å². The van der Waals surface area contributed by atoms with Gasteiger partial charge in [-0.1, -0.05) is 6.07 Å². The number of halogens is 2. The van der Waals surface area contributed by atoms with E-state index >= 15 is 0 Å². The van der Waals surface area contributed by atoms with Crippen LogP contribution in [0.5, 0.6) is 0 Å². The van der Waals surface area contributed by atoms with Gasteiger partial charge >= 0.3 is 0 Å². The fourth-order valence-electron chi connectivity index (χ4n) is 1.49. The number of rotatable bonds is 5. The van der Waals surface area contributed by atoms with Crippen LogP contribution < -0.4 is 5.32 Å². The van der Waals surface area contributed by atoms with Crippen LogP contribution in [0.4, 0.5) is 4.39 Å². The molecule has 86 valence electrons. The summed E-state index contributed by atoms with van der Waals surface area (Å²) in [6.07, 6.45) is 2.71. The van der Waals surface area contributed by atoms with Crippen molar-refractivity contribution in [2.75, 3.05) is 6.54 Å². The predicted molar refractivity (Wildman–Crippen MR) is 63.8 cm³/mol. The number of hydrogen-bond acceptors (Lipinski definition) is 2. The third-order valence-corrected chi connectivity index (χ3v) is 3.16. The molecule has 0 unspecified atom stereocenters. The van der Waals surface area contributed by atoms with Gasteiger partial charge < -0.3 is 5.32 Å². The summed E-state index contributed by atoms with van der Waals surface area (Å²) >= 11 is 3.11. The van der Waals surface area contributed by atoms with E-state index in [1.54, 1.807) is 12.1 Å². The van der Waals surface area contributed by atoms with Gasteiger partial charge in [0.15, 0.2) is 5.78 Å². The van der Waals surface area contributed by atoms with Crippen LogP contribution >= 0.6 is 15.9 Å². The zero-order valence-corrected chi connectivity index (χ0v) is 10.4. The van der Waals surface area contributed by atoms with Crippen molar-refractivity contribution in [3.05, 3.63) is 34.1 Å². The molecule has 2 nitrogen and oxygen atoms in total. The number of hydrogen-bond donors (Lipinski definition) is 1. The average Bonchev–Trinajstić information content (AvgIpc) is 3.04. The average molecular weight is 286 g/mol. The SMILES string of the molecule is O=C(CNC1CC1)Cc1ccc(F)c(Br)c1. The number of ketones is 1. The molecule has 1 saturated carbocycles. The number of carbonyl (C=O) groups excluding carboxylic acids is 1. The molecule has 1 aromatic rings. The molecule has 0 radical (unpaired) electrons. The van der Waals surface area contributed by atoms with Crippen LogP contribution in [0.1, 0.15) is 18.4 Å². The summed E-state index contributed by atoms with van der Waals surface area (Å²) in [5, 5.41) is 3.17. The minimum atomic E-state index is -0.299. The number of nitrogens with one attached hydrogen (secondary N) is 1. The lowest BCUT2D eigenvalue weighted by Crippen LogP contribution is -2.25. The quantitative estimate of drug-likeness (QED) is 0.901. The molecule has 1 aliphatic carbocycles. The molecule has 1 fully saturated rings. The summed E-state index contributed by atoms with van der Waals surface area (Å²) in [7, 11) is 0. The Morgan fingerprint density at radius 3 is 2.88 bits per heavy atom. The molecule has 0 bridgehead atoms. The highest BCUT2D eigenvalue weighted by Gasteiger charge is 2.21. The second-order valence-electron chi connectivity index (χ2n) is 4.12. The van der Waals surface area contributed by atoms with Crippen LogP contribution in [0.15, 0.2) is 22.7 Å². The van der Waals surface area contributed by atoms with E-state index in [0.29, 0.717) is 23.5 Å². The molecule has 0 spiro atoms. The maximum absolute atomic E-state index is 13.0. The molecular weight excluding hydrogens is 273 g/mol. The number of benzene rings is 1. The molecule has 16 heavy (non-hydrogen) atoms. The molecule has 0 aromatic heterocycles. The van der Waals surface area contributed by atoms with Gasteiger partial charge in [-0.15, -0.1) is 0 Å². The Bertz CT molecular complexity index is 404. The largest absolute Gasteiger partial charge is 0.307 e. The lowest BCUT2D eigenvalue weighted by molar-refractivity contribution is -0.117. The summed E-state index contributed by atoms with van der Waals surface area (Å²) in [5.41, 5.74) is 0.843. The van der Waals surface area contributed by atoms with Crippen LogP contribution in [-0.2, 0) is 11.2 Å². The van der Waals surface area contributed by atoms with Gasteiger partial charge in [-0.25, -0.2) is 4.39 Å². The van der Waals surface area contributed by atoms with Crippen molar-refractivity contribution in [2.24, 2.45) is 0 Å². The van der Waals surface area contributed by atoms with Crippen LogP contribution in [-0.4, -0.2) is 18.4 Å². The first kappa shape index (κ1) is 11.7. The summed E-state index contributed by atoms with van der Waals surface area (Å²) in [5.74, 6) is -0.155. The Labute approximate surface area is 102 Å². The fraction of sp³-hybridized carbons (Fsp3) is 0.417. The summed E-state index contributed by atoms with van der Waals surface area (Å²) < 4.78 is 13.4. The molecule has 1 aromatic carbocycles. The smallest absolute Gasteiger partial charge is 0.150 e. The van der Waals surface area contributed by atoms with Gasteiger partial charge in [-0.2, -0.15) is 0 Å². The van der Waals surface area contributed by atoms with Gasteiger partial charge in [0.05, 0.1) is 11.0 Å². The minimum absolute atomic E-state index is 0.144. The molecule has 0 saturated heterocycles. The lowest BCUT2D eigenvalue weighted by Gasteiger charge is -2.03. The third kappa shape index (κ3) is 3.39. The Morgan fingerprint density at radius 2 is 2.25 bits per heavy atom. The van der Waals surface area contributed by atoms with Crippen molar-refractivity contribution in [3.8, 4) is 0 Å². The topological polar surface area (TPSA) is 29.1 Å². The van der Waals surface area contributed by atoms with Gasteiger partial charge in [-0.05, 0) is 46.5 Å². The maximum atomic E-state index is 13.0. The summed E-state index contributed by atoms with van der Waals surface area (Å²) in [6, 6.07) is 5.23. The highest BCUT2D eigenvalue weighted by molar-refractivity contribution is 9.10. The minimum Gasteiger partial charge on any atom is -0.307 e. The van der Waals surface area contributed by atoms with E-state index in [4.69, 9.17) is 0 Å². The van der Waals surface area contributed by atoms with Gasteiger partial charge in [0.2, 0.25) is 0 Å². The second kappa shape index (κ2) is 5.06. The van der Waals surface area contributed by atoms with Crippen LogP contribution in [0.2, 0.25) is 0 Å². The van der Waals surface area contributed by atoms with Crippen LogP contribution in [0, 0.1) is 5.82 Å². The molecule has 0 amide bonds. The van der Waals surface area contributed by atoms with E-state index in [1.165, 1.54) is 18.9 Å². The number of carbonyl (C=O) groups is 1. The van der Waals surface area contributed by atoms with E-state index < -0.39 is 0 Å².